The highest BCUT2D eigenvalue weighted by atomic mass is 16.5. The first-order valence-corrected chi connectivity index (χ1v) is 10.8. The smallest absolute Gasteiger partial charge is 0.220 e. The Morgan fingerprint density at radius 3 is 2.48 bits per heavy atom. The van der Waals surface area contributed by atoms with Crippen LogP contribution in [0, 0.1) is 5.92 Å². The fourth-order valence-electron chi connectivity index (χ4n) is 3.78. The minimum Gasteiger partial charge on any atom is -0.457 e. The molecule has 0 spiro atoms. The number of carbonyl (C=O) groups is 1. The van der Waals surface area contributed by atoms with Gasteiger partial charge in [-0.05, 0) is 47.4 Å². The van der Waals surface area contributed by atoms with Crippen molar-refractivity contribution in [2.75, 3.05) is 6.54 Å². The highest BCUT2D eigenvalue weighted by Crippen LogP contribution is 2.35. The Kier molecular flexibility index (Phi) is 6.37. The lowest BCUT2D eigenvalue weighted by atomic mass is 9.88. The van der Waals surface area contributed by atoms with Gasteiger partial charge in [0.2, 0.25) is 5.91 Å². The molecule has 0 aliphatic rings. The molecule has 4 aromatic rings. The van der Waals surface area contributed by atoms with Gasteiger partial charge in [-0.2, -0.15) is 0 Å². The first-order valence-electron chi connectivity index (χ1n) is 10.8. The van der Waals surface area contributed by atoms with E-state index in [0.717, 1.165) is 33.5 Å². The molecule has 1 atom stereocenters. The number of hydrogen-bond acceptors (Lipinski definition) is 2. The van der Waals surface area contributed by atoms with Crippen LogP contribution in [0.4, 0.5) is 0 Å². The Balaban J connectivity index is 1.67. The average Bonchev–Trinajstić information content (AvgIpc) is 3.21. The molecule has 2 N–H and O–H groups in total. The number of rotatable bonds is 8. The summed E-state index contributed by atoms with van der Waals surface area (Å²) in [4.78, 5) is 16.1. The van der Waals surface area contributed by atoms with Crippen LogP contribution in [0.1, 0.15) is 37.3 Å². The number of fused-ring (bicyclic) bond motifs is 1. The van der Waals surface area contributed by atoms with E-state index in [1.165, 1.54) is 0 Å². The summed E-state index contributed by atoms with van der Waals surface area (Å²) in [6, 6.07) is 26.0. The summed E-state index contributed by atoms with van der Waals surface area (Å²) >= 11 is 0. The number of hydrogen-bond donors (Lipinski definition) is 2. The SMILES string of the molecule is CC(C)CNC(=O)CC(c1cccc(Oc2ccccc2)c1)c1c[nH]c2ccccc12. The number of para-hydroxylation sites is 2. The zero-order valence-electron chi connectivity index (χ0n) is 18.0. The predicted molar refractivity (Wildman–Crippen MR) is 126 cm³/mol. The van der Waals surface area contributed by atoms with Crippen molar-refractivity contribution >= 4 is 16.8 Å². The van der Waals surface area contributed by atoms with Crippen LogP contribution in [0.25, 0.3) is 10.9 Å². The predicted octanol–water partition coefficient (Wildman–Crippen LogP) is 6.25. The van der Waals surface area contributed by atoms with Crippen LogP contribution in [0.15, 0.2) is 85.1 Å². The highest BCUT2D eigenvalue weighted by molar-refractivity contribution is 5.86. The van der Waals surface area contributed by atoms with Crippen LogP contribution in [-0.4, -0.2) is 17.4 Å². The Hall–Kier alpha value is -3.53. The van der Waals surface area contributed by atoms with Gasteiger partial charge in [-0.1, -0.05) is 62.4 Å². The zero-order valence-corrected chi connectivity index (χ0v) is 18.0. The maximum absolute atomic E-state index is 12.8. The number of aromatic amines is 1. The molecule has 3 aromatic carbocycles. The Morgan fingerprint density at radius 2 is 1.68 bits per heavy atom. The molecule has 0 fully saturated rings. The number of H-pyrrole nitrogens is 1. The van der Waals surface area contributed by atoms with Crippen molar-refractivity contribution in [1.29, 1.82) is 0 Å². The molecular weight excluding hydrogens is 384 g/mol. The molecule has 0 bridgehead atoms. The molecular formula is C27H28N2O2. The third kappa shape index (κ3) is 5.15. The lowest BCUT2D eigenvalue weighted by Crippen LogP contribution is -2.28. The van der Waals surface area contributed by atoms with Gasteiger partial charge in [-0.25, -0.2) is 0 Å². The number of amides is 1. The van der Waals surface area contributed by atoms with Crippen LogP contribution >= 0.6 is 0 Å². The van der Waals surface area contributed by atoms with E-state index in [2.05, 4.69) is 42.3 Å². The van der Waals surface area contributed by atoms with E-state index in [4.69, 9.17) is 4.74 Å². The van der Waals surface area contributed by atoms with Crippen molar-refractivity contribution in [3.63, 3.8) is 0 Å². The molecule has 4 rings (SSSR count). The number of benzene rings is 3. The van der Waals surface area contributed by atoms with Gasteiger partial charge in [0.15, 0.2) is 0 Å². The van der Waals surface area contributed by atoms with Gasteiger partial charge >= 0.3 is 0 Å². The number of carbonyl (C=O) groups excluding carboxylic acids is 1. The van der Waals surface area contributed by atoms with E-state index in [0.29, 0.717) is 18.9 Å². The lowest BCUT2D eigenvalue weighted by molar-refractivity contribution is -0.121. The van der Waals surface area contributed by atoms with Crippen molar-refractivity contribution in [3.05, 3.63) is 96.2 Å². The molecule has 0 aliphatic heterocycles. The van der Waals surface area contributed by atoms with Crippen LogP contribution in [0.5, 0.6) is 11.5 Å². The molecule has 4 heteroatoms. The fraction of sp³-hybridized carbons (Fsp3) is 0.222. The number of aromatic nitrogens is 1. The Morgan fingerprint density at radius 1 is 0.935 bits per heavy atom. The van der Waals surface area contributed by atoms with Gasteiger partial charge in [-0.3, -0.25) is 4.79 Å². The summed E-state index contributed by atoms with van der Waals surface area (Å²) in [6.45, 7) is 4.88. The molecule has 1 heterocycles. The third-order valence-electron chi connectivity index (χ3n) is 5.33. The second-order valence-electron chi connectivity index (χ2n) is 8.23. The van der Waals surface area contributed by atoms with Crippen molar-refractivity contribution < 1.29 is 9.53 Å². The van der Waals surface area contributed by atoms with Gasteiger partial charge < -0.3 is 15.0 Å². The standard InChI is InChI=1S/C27H28N2O2/c1-19(2)17-29-27(30)16-24(25-18-28-26-14-7-6-13-23(25)26)20-9-8-12-22(15-20)31-21-10-4-3-5-11-21/h3-15,18-19,24,28H,16-17H2,1-2H3,(H,29,30). The Labute approximate surface area is 183 Å². The molecule has 4 nitrogen and oxygen atoms in total. The monoisotopic (exact) mass is 412 g/mol. The topological polar surface area (TPSA) is 54.1 Å². The van der Waals surface area contributed by atoms with Crippen molar-refractivity contribution in [2.24, 2.45) is 5.92 Å². The first kappa shape index (κ1) is 20.7. The first-order chi connectivity index (χ1) is 15.1. The summed E-state index contributed by atoms with van der Waals surface area (Å²) < 4.78 is 6.05. The van der Waals surface area contributed by atoms with Crippen molar-refractivity contribution in [1.82, 2.24) is 10.3 Å². The van der Waals surface area contributed by atoms with E-state index in [1.54, 1.807) is 0 Å². The molecule has 158 valence electrons. The minimum absolute atomic E-state index is 0.0540. The maximum Gasteiger partial charge on any atom is 0.220 e. The third-order valence-corrected chi connectivity index (χ3v) is 5.33. The normalized spacial score (nSPS) is 12.1. The lowest BCUT2D eigenvalue weighted by Gasteiger charge is -2.19. The number of ether oxygens (including phenoxy) is 1. The van der Waals surface area contributed by atoms with E-state index < -0.39 is 0 Å². The summed E-state index contributed by atoms with van der Waals surface area (Å²) in [6.07, 6.45) is 2.40. The second kappa shape index (κ2) is 9.52. The van der Waals surface area contributed by atoms with Gasteiger partial charge in [0.05, 0.1) is 0 Å². The molecule has 0 aliphatic carbocycles. The van der Waals surface area contributed by atoms with Crippen LogP contribution < -0.4 is 10.1 Å². The molecule has 1 unspecified atom stereocenters. The average molecular weight is 413 g/mol. The summed E-state index contributed by atoms with van der Waals surface area (Å²) in [7, 11) is 0. The van der Waals surface area contributed by atoms with Crippen molar-refractivity contribution in [3.8, 4) is 11.5 Å². The zero-order chi connectivity index (χ0) is 21.6. The van der Waals surface area contributed by atoms with Gasteiger partial charge in [0, 0.05) is 36.0 Å². The fourth-order valence-corrected chi connectivity index (χ4v) is 3.78. The summed E-state index contributed by atoms with van der Waals surface area (Å²) in [5.41, 5.74) is 3.24. The number of nitrogens with one attached hydrogen (secondary N) is 2. The van der Waals surface area contributed by atoms with E-state index in [-0.39, 0.29) is 11.8 Å². The van der Waals surface area contributed by atoms with E-state index >= 15 is 0 Å². The summed E-state index contributed by atoms with van der Waals surface area (Å²) in [5.74, 6) is 1.94. The largest absolute Gasteiger partial charge is 0.457 e. The molecule has 31 heavy (non-hydrogen) atoms. The molecule has 1 amide bonds. The second-order valence-corrected chi connectivity index (χ2v) is 8.23. The molecule has 0 saturated heterocycles. The van der Waals surface area contributed by atoms with Gasteiger partial charge in [0.25, 0.3) is 0 Å². The summed E-state index contributed by atoms with van der Waals surface area (Å²) in [5, 5.41) is 4.20. The highest BCUT2D eigenvalue weighted by Gasteiger charge is 2.22. The van der Waals surface area contributed by atoms with Gasteiger partial charge in [0.1, 0.15) is 11.5 Å². The van der Waals surface area contributed by atoms with Crippen LogP contribution in [0.2, 0.25) is 0 Å². The van der Waals surface area contributed by atoms with Crippen LogP contribution in [0.3, 0.4) is 0 Å². The van der Waals surface area contributed by atoms with E-state index in [9.17, 15) is 4.79 Å². The maximum atomic E-state index is 12.8. The molecule has 0 saturated carbocycles. The molecule has 0 radical (unpaired) electrons. The molecule has 1 aromatic heterocycles. The van der Waals surface area contributed by atoms with Crippen LogP contribution in [-0.2, 0) is 4.79 Å². The van der Waals surface area contributed by atoms with E-state index in [1.807, 2.05) is 66.9 Å². The van der Waals surface area contributed by atoms with Crippen molar-refractivity contribution in [2.45, 2.75) is 26.2 Å². The van der Waals surface area contributed by atoms with Gasteiger partial charge in [-0.15, -0.1) is 0 Å². The quantitative estimate of drug-likeness (QED) is 0.359. The Bertz CT molecular complexity index is 1150. The minimum atomic E-state index is -0.0809.